The summed E-state index contributed by atoms with van der Waals surface area (Å²) in [6.45, 7) is 8.19. The van der Waals surface area contributed by atoms with Gasteiger partial charge in [0.25, 0.3) is 0 Å². The van der Waals surface area contributed by atoms with E-state index in [1.54, 1.807) is 6.08 Å². The summed E-state index contributed by atoms with van der Waals surface area (Å²) in [5.41, 5.74) is -0.106. The van der Waals surface area contributed by atoms with Crippen molar-refractivity contribution in [2.24, 2.45) is 35.0 Å². The van der Waals surface area contributed by atoms with Crippen molar-refractivity contribution < 1.29 is 34.0 Å². The first-order valence-electron chi connectivity index (χ1n) is 15.9. The third-order valence-electron chi connectivity index (χ3n) is 11.7. The molecule has 42 heavy (non-hydrogen) atoms. The standard InChI is InChI=1S/C34H46O7S/c1-5-6-8-25-23(22-11-10-21(16-22)20(3)26-15-19(2)24(18-35)31(37)39-26)17-30-34(41-30)29(13-12-28(36)33(25,34)4)40-32(38)27-9-7-14-42-27/h7,9,12-14,20-23,25-26,29-30,32,35,38H,5-6,8,10-11,15-18H2,1-4H3/t20-,21-,22+,23-,25-,26+,29-,30+,32?,33-,34+/m0/s1. The topological polar surface area (TPSA) is 106 Å². The van der Waals surface area contributed by atoms with Crippen LogP contribution in [0.3, 0.4) is 0 Å². The van der Waals surface area contributed by atoms with Gasteiger partial charge in [-0.25, -0.2) is 4.79 Å². The molecule has 230 valence electrons. The van der Waals surface area contributed by atoms with Crippen LogP contribution in [0.5, 0.6) is 0 Å². The van der Waals surface area contributed by atoms with E-state index in [0.717, 1.165) is 55.4 Å². The molecule has 6 rings (SSSR count). The van der Waals surface area contributed by atoms with Gasteiger partial charge < -0.3 is 24.4 Å². The Labute approximate surface area is 253 Å². The molecule has 0 bridgehead atoms. The Kier molecular flexibility index (Phi) is 8.33. The van der Waals surface area contributed by atoms with Crippen molar-refractivity contribution in [3.8, 4) is 0 Å². The molecule has 11 atom stereocenters. The number of hydrogen-bond donors (Lipinski definition) is 2. The number of hydrogen-bond acceptors (Lipinski definition) is 8. The lowest BCUT2D eigenvalue weighted by molar-refractivity contribution is -0.177. The van der Waals surface area contributed by atoms with Crippen LogP contribution >= 0.6 is 11.3 Å². The smallest absolute Gasteiger partial charge is 0.336 e. The maximum Gasteiger partial charge on any atom is 0.336 e. The molecule has 0 radical (unpaired) electrons. The molecule has 3 heterocycles. The van der Waals surface area contributed by atoms with E-state index < -0.39 is 23.4 Å². The second-order valence-corrected chi connectivity index (χ2v) is 14.6. The van der Waals surface area contributed by atoms with Gasteiger partial charge in [0, 0.05) is 6.42 Å². The predicted molar refractivity (Wildman–Crippen MR) is 159 cm³/mol. The van der Waals surface area contributed by atoms with E-state index in [4.69, 9.17) is 14.2 Å². The molecule has 2 aliphatic heterocycles. The van der Waals surface area contributed by atoms with Crippen LogP contribution in [0.25, 0.3) is 0 Å². The molecule has 3 aliphatic carbocycles. The molecule has 2 saturated carbocycles. The van der Waals surface area contributed by atoms with E-state index in [1.807, 2.05) is 30.5 Å². The van der Waals surface area contributed by atoms with Gasteiger partial charge in [-0.15, -0.1) is 11.3 Å². The van der Waals surface area contributed by atoms with Gasteiger partial charge >= 0.3 is 5.97 Å². The summed E-state index contributed by atoms with van der Waals surface area (Å²) in [6, 6.07) is 3.76. The molecule has 5 aliphatic rings. The Morgan fingerprint density at radius 3 is 2.74 bits per heavy atom. The summed E-state index contributed by atoms with van der Waals surface area (Å²) in [5.74, 6) is 1.45. The molecule has 1 spiro atoms. The predicted octanol–water partition coefficient (Wildman–Crippen LogP) is 5.91. The van der Waals surface area contributed by atoms with Crippen molar-refractivity contribution >= 4 is 23.1 Å². The summed E-state index contributed by atoms with van der Waals surface area (Å²) in [6.07, 6.45) is 9.69. The maximum absolute atomic E-state index is 13.9. The minimum absolute atomic E-state index is 0.0692. The highest BCUT2D eigenvalue weighted by Gasteiger charge is 2.79. The Morgan fingerprint density at radius 2 is 2.05 bits per heavy atom. The number of allylic oxidation sites excluding steroid dienone is 1. The van der Waals surface area contributed by atoms with Gasteiger partial charge in [-0.1, -0.05) is 38.3 Å². The number of ether oxygens (including phenoxy) is 3. The van der Waals surface area contributed by atoms with Crippen molar-refractivity contribution in [3.63, 3.8) is 0 Å². The van der Waals surface area contributed by atoms with E-state index in [-0.39, 0.29) is 42.4 Å². The van der Waals surface area contributed by atoms with Gasteiger partial charge in [-0.05, 0) is 99.1 Å². The number of aliphatic hydroxyl groups excluding tert-OH is 2. The number of rotatable bonds is 10. The van der Waals surface area contributed by atoms with Crippen molar-refractivity contribution in [2.75, 3.05) is 6.61 Å². The Morgan fingerprint density at radius 1 is 1.24 bits per heavy atom. The van der Waals surface area contributed by atoms with Crippen molar-refractivity contribution in [3.05, 3.63) is 45.7 Å². The van der Waals surface area contributed by atoms with Crippen LogP contribution in [0.2, 0.25) is 0 Å². The summed E-state index contributed by atoms with van der Waals surface area (Å²) in [4.78, 5) is 27.2. The molecule has 1 aromatic heterocycles. The summed E-state index contributed by atoms with van der Waals surface area (Å²) in [5, 5.41) is 22.4. The maximum atomic E-state index is 13.9. The van der Waals surface area contributed by atoms with E-state index in [2.05, 4.69) is 20.8 Å². The minimum atomic E-state index is -1.05. The first-order valence-corrected chi connectivity index (χ1v) is 16.8. The highest BCUT2D eigenvalue weighted by Crippen LogP contribution is 2.69. The van der Waals surface area contributed by atoms with Crippen LogP contribution in [0, 0.1) is 35.0 Å². The number of thiophene rings is 1. The number of carbonyl (C=O) groups excluding carboxylic acids is 2. The van der Waals surface area contributed by atoms with Crippen LogP contribution in [-0.2, 0) is 23.8 Å². The zero-order valence-corrected chi connectivity index (χ0v) is 26.1. The monoisotopic (exact) mass is 598 g/mol. The zero-order valence-electron chi connectivity index (χ0n) is 25.3. The minimum Gasteiger partial charge on any atom is -0.458 e. The number of unbranched alkanes of at least 4 members (excludes halogenated alkanes) is 1. The van der Waals surface area contributed by atoms with Gasteiger partial charge in [-0.3, -0.25) is 4.79 Å². The van der Waals surface area contributed by atoms with Gasteiger partial charge in [0.15, 0.2) is 12.1 Å². The number of carbonyl (C=O) groups is 2. The summed E-state index contributed by atoms with van der Waals surface area (Å²) < 4.78 is 18.7. The molecule has 8 heteroatoms. The average Bonchev–Trinajstić information content (AvgIpc) is 3.31. The SMILES string of the molecule is CCCC[C@H]1[C@H]([C@@H]2CC[C@H]([C@H](C)[C@H]3CC(C)=C(CO)C(=O)O3)C2)C[C@H]2O[C@]23[C@@H](OC(O)c2cccs2)C=CC(=O)[C@]13C. The molecule has 3 fully saturated rings. The fraction of sp³-hybridized carbons (Fsp3) is 0.706. The van der Waals surface area contributed by atoms with Crippen LogP contribution in [0.15, 0.2) is 40.8 Å². The molecule has 1 saturated heterocycles. The molecule has 1 aromatic rings. The Bertz CT molecular complexity index is 1240. The van der Waals surface area contributed by atoms with Crippen LogP contribution < -0.4 is 0 Å². The van der Waals surface area contributed by atoms with E-state index in [1.165, 1.54) is 11.3 Å². The number of epoxide rings is 1. The Hall–Kier alpha value is -1.84. The highest BCUT2D eigenvalue weighted by atomic mass is 32.1. The number of cyclic esters (lactones) is 1. The Balaban J connectivity index is 1.22. The zero-order chi connectivity index (χ0) is 29.8. The van der Waals surface area contributed by atoms with E-state index in [0.29, 0.717) is 29.7 Å². The van der Waals surface area contributed by atoms with E-state index in [9.17, 15) is 19.8 Å². The van der Waals surface area contributed by atoms with Crippen LogP contribution in [0.1, 0.15) is 90.2 Å². The average molecular weight is 599 g/mol. The third kappa shape index (κ3) is 4.76. The fourth-order valence-corrected chi connectivity index (χ4v) is 9.86. The normalized spacial score (nSPS) is 40.9. The lowest BCUT2D eigenvalue weighted by Gasteiger charge is -2.52. The number of ketones is 1. The lowest BCUT2D eigenvalue weighted by atomic mass is 9.49. The first kappa shape index (κ1) is 30.2. The molecule has 7 nitrogen and oxygen atoms in total. The van der Waals surface area contributed by atoms with Gasteiger partial charge in [0.1, 0.15) is 17.8 Å². The van der Waals surface area contributed by atoms with Crippen molar-refractivity contribution in [1.29, 1.82) is 0 Å². The summed E-state index contributed by atoms with van der Waals surface area (Å²) >= 11 is 1.46. The third-order valence-corrected chi connectivity index (χ3v) is 12.6. The van der Waals surface area contributed by atoms with Crippen molar-refractivity contribution in [2.45, 2.75) is 109 Å². The van der Waals surface area contributed by atoms with Gasteiger partial charge in [-0.2, -0.15) is 0 Å². The molecule has 0 amide bonds. The molecule has 1 unspecified atom stereocenters. The lowest BCUT2D eigenvalue weighted by Crippen LogP contribution is -2.62. The number of esters is 1. The molecular weight excluding hydrogens is 552 g/mol. The van der Waals surface area contributed by atoms with Gasteiger partial charge in [0.05, 0.1) is 28.6 Å². The number of aliphatic hydroxyl groups is 2. The highest BCUT2D eigenvalue weighted by molar-refractivity contribution is 7.10. The largest absolute Gasteiger partial charge is 0.458 e. The summed E-state index contributed by atoms with van der Waals surface area (Å²) in [7, 11) is 0. The molecular formula is C34H46O7S. The van der Waals surface area contributed by atoms with Crippen LogP contribution in [-0.4, -0.2) is 52.5 Å². The molecule has 2 N–H and O–H groups in total. The second-order valence-electron chi connectivity index (χ2n) is 13.7. The molecule has 0 aromatic carbocycles. The second kappa shape index (κ2) is 11.6. The first-order chi connectivity index (χ1) is 20.1. The quantitative estimate of drug-likeness (QED) is 0.196. The van der Waals surface area contributed by atoms with Gasteiger partial charge in [0.2, 0.25) is 0 Å². The van der Waals surface area contributed by atoms with E-state index >= 15 is 0 Å². The van der Waals surface area contributed by atoms with Crippen LogP contribution in [0.4, 0.5) is 0 Å². The van der Waals surface area contributed by atoms with Crippen molar-refractivity contribution in [1.82, 2.24) is 0 Å². The fourth-order valence-electron chi connectivity index (χ4n) is 9.22.